The van der Waals surface area contributed by atoms with Crippen LogP contribution < -0.4 is 10.6 Å². The zero-order valence-corrected chi connectivity index (χ0v) is 9.84. The highest BCUT2D eigenvalue weighted by molar-refractivity contribution is 5.90. The third-order valence-corrected chi connectivity index (χ3v) is 2.97. The van der Waals surface area contributed by atoms with Crippen molar-refractivity contribution in [2.24, 2.45) is 5.92 Å². The predicted molar refractivity (Wildman–Crippen MR) is 65.7 cm³/mol. The molecular weight excluding hydrogens is 200 g/mol. The maximum Gasteiger partial charge on any atom is 0.319 e. The number of para-hydroxylation sites is 1. The number of rotatable bonds is 3. The molecule has 1 aromatic carbocycles. The molecule has 1 fully saturated rings. The first-order valence-corrected chi connectivity index (χ1v) is 5.78. The van der Waals surface area contributed by atoms with Gasteiger partial charge in [-0.3, -0.25) is 0 Å². The number of hydrogen-bond acceptors (Lipinski definition) is 1. The van der Waals surface area contributed by atoms with Gasteiger partial charge in [-0.25, -0.2) is 4.79 Å². The average molecular weight is 218 g/mol. The summed E-state index contributed by atoms with van der Waals surface area (Å²) in [6.07, 6.45) is 2.51. The normalized spacial score (nSPS) is 14.6. The standard InChI is InChI=1S/C13H18N2O/c1-9-4-3-5-10(2)12(9)15-13(16)14-8-11-6-7-11/h3-5,11H,6-8H2,1-2H3,(H2,14,15,16). The van der Waals surface area contributed by atoms with Crippen LogP contribution in [-0.4, -0.2) is 12.6 Å². The second kappa shape index (κ2) is 4.56. The molecule has 2 rings (SSSR count). The molecule has 3 nitrogen and oxygen atoms in total. The summed E-state index contributed by atoms with van der Waals surface area (Å²) < 4.78 is 0. The quantitative estimate of drug-likeness (QED) is 0.804. The van der Waals surface area contributed by atoms with E-state index in [-0.39, 0.29) is 6.03 Å². The highest BCUT2D eigenvalue weighted by Gasteiger charge is 2.21. The van der Waals surface area contributed by atoms with Crippen molar-refractivity contribution in [3.63, 3.8) is 0 Å². The van der Waals surface area contributed by atoms with Crippen LogP contribution in [0.3, 0.4) is 0 Å². The Hall–Kier alpha value is -1.51. The van der Waals surface area contributed by atoms with Gasteiger partial charge in [-0.1, -0.05) is 18.2 Å². The molecular formula is C13H18N2O. The molecule has 2 N–H and O–H groups in total. The van der Waals surface area contributed by atoms with Gasteiger partial charge >= 0.3 is 6.03 Å². The maximum absolute atomic E-state index is 11.6. The first-order valence-electron chi connectivity index (χ1n) is 5.78. The van der Waals surface area contributed by atoms with Crippen LogP contribution in [0.5, 0.6) is 0 Å². The molecule has 0 heterocycles. The van der Waals surface area contributed by atoms with E-state index in [4.69, 9.17) is 0 Å². The Morgan fingerprint density at radius 3 is 2.50 bits per heavy atom. The smallest absolute Gasteiger partial charge is 0.319 e. The third-order valence-electron chi connectivity index (χ3n) is 2.97. The Labute approximate surface area is 96.2 Å². The second-order valence-electron chi connectivity index (χ2n) is 4.55. The van der Waals surface area contributed by atoms with E-state index in [0.717, 1.165) is 23.4 Å². The van der Waals surface area contributed by atoms with E-state index >= 15 is 0 Å². The van der Waals surface area contributed by atoms with Crippen LogP contribution in [0, 0.1) is 19.8 Å². The minimum Gasteiger partial charge on any atom is -0.338 e. The van der Waals surface area contributed by atoms with Gasteiger partial charge in [0.25, 0.3) is 0 Å². The minimum atomic E-state index is -0.0932. The lowest BCUT2D eigenvalue weighted by Crippen LogP contribution is -2.30. The zero-order valence-electron chi connectivity index (χ0n) is 9.84. The van der Waals surface area contributed by atoms with Gasteiger partial charge in [0.2, 0.25) is 0 Å². The second-order valence-corrected chi connectivity index (χ2v) is 4.55. The van der Waals surface area contributed by atoms with Crippen molar-refractivity contribution >= 4 is 11.7 Å². The van der Waals surface area contributed by atoms with Gasteiger partial charge < -0.3 is 10.6 Å². The summed E-state index contributed by atoms with van der Waals surface area (Å²) in [6, 6.07) is 5.91. The van der Waals surface area contributed by atoms with Gasteiger partial charge in [0.05, 0.1) is 0 Å². The van der Waals surface area contributed by atoms with Crippen molar-refractivity contribution in [1.82, 2.24) is 5.32 Å². The summed E-state index contributed by atoms with van der Waals surface area (Å²) in [4.78, 5) is 11.6. The van der Waals surface area contributed by atoms with E-state index in [1.54, 1.807) is 0 Å². The summed E-state index contributed by atoms with van der Waals surface area (Å²) in [6.45, 7) is 4.81. The molecule has 0 atom stereocenters. The molecule has 0 unspecified atom stereocenters. The fourth-order valence-corrected chi connectivity index (χ4v) is 1.73. The summed E-state index contributed by atoms with van der Waals surface area (Å²) in [5, 5.41) is 5.81. The molecule has 0 aromatic heterocycles. The van der Waals surface area contributed by atoms with E-state index in [0.29, 0.717) is 5.92 Å². The molecule has 2 amide bonds. The van der Waals surface area contributed by atoms with Crippen LogP contribution >= 0.6 is 0 Å². The topological polar surface area (TPSA) is 41.1 Å². The van der Waals surface area contributed by atoms with Crippen molar-refractivity contribution in [2.75, 3.05) is 11.9 Å². The monoisotopic (exact) mass is 218 g/mol. The highest BCUT2D eigenvalue weighted by Crippen LogP contribution is 2.27. The third kappa shape index (κ3) is 2.75. The van der Waals surface area contributed by atoms with Crippen LogP contribution in [0.2, 0.25) is 0 Å². The largest absolute Gasteiger partial charge is 0.338 e. The number of benzene rings is 1. The lowest BCUT2D eigenvalue weighted by atomic mass is 10.1. The molecule has 1 aliphatic rings. The van der Waals surface area contributed by atoms with Crippen molar-refractivity contribution in [2.45, 2.75) is 26.7 Å². The maximum atomic E-state index is 11.6. The Morgan fingerprint density at radius 1 is 1.31 bits per heavy atom. The SMILES string of the molecule is Cc1cccc(C)c1NC(=O)NCC1CC1. The van der Waals surface area contributed by atoms with Crippen molar-refractivity contribution in [1.29, 1.82) is 0 Å². The zero-order chi connectivity index (χ0) is 11.5. The fraction of sp³-hybridized carbons (Fsp3) is 0.462. The molecule has 0 bridgehead atoms. The molecule has 0 saturated heterocycles. The van der Waals surface area contributed by atoms with Gasteiger partial charge in [0.1, 0.15) is 0 Å². The number of urea groups is 1. The molecule has 86 valence electrons. The average Bonchev–Trinajstić information content (AvgIpc) is 3.04. The number of carbonyl (C=O) groups is 1. The van der Waals surface area contributed by atoms with Crippen LogP contribution in [0.1, 0.15) is 24.0 Å². The van der Waals surface area contributed by atoms with Crippen molar-refractivity contribution < 1.29 is 4.79 Å². The summed E-state index contributed by atoms with van der Waals surface area (Å²) in [7, 11) is 0. The van der Waals surface area contributed by atoms with Gasteiger partial charge in [-0.2, -0.15) is 0 Å². The number of carbonyl (C=O) groups excluding carboxylic acids is 1. The number of hydrogen-bond donors (Lipinski definition) is 2. The molecule has 1 aliphatic carbocycles. The van der Waals surface area contributed by atoms with E-state index in [9.17, 15) is 4.79 Å². The van der Waals surface area contributed by atoms with E-state index < -0.39 is 0 Å². The molecule has 0 radical (unpaired) electrons. The number of anilines is 1. The summed E-state index contributed by atoms with van der Waals surface area (Å²) in [5.74, 6) is 0.712. The van der Waals surface area contributed by atoms with E-state index in [2.05, 4.69) is 10.6 Å². The number of aryl methyl sites for hydroxylation is 2. The predicted octanol–water partition coefficient (Wildman–Crippen LogP) is 2.83. The van der Waals surface area contributed by atoms with Crippen LogP contribution in [-0.2, 0) is 0 Å². The van der Waals surface area contributed by atoms with E-state index in [1.165, 1.54) is 12.8 Å². The summed E-state index contributed by atoms with van der Waals surface area (Å²) >= 11 is 0. The molecule has 0 spiro atoms. The molecule has 1 saturated carbocycles. The van der Waals surface area contributed by atoms with Gasteiger partial charge in [0.15, 0.2) is 0 Å². The molecule has 0 aliphatic heterocycles. The minimum absolute atomic E-state index is 0.0932. The van der Waals surface area contributed by atoms with E-state index in [1.807, 2.05) is 32.0 Å². The fourth-order valence-electron chi connectivity index (χ4n) is 1.73. The lowest BCUT2D eigenvalue weighted by Gasteiger charge is -2.12. The van der Waals surface area contributed by atoms with Gasteiger partial charge in [0, 0.05) is 12.2 Å². The summed E-state index contributed by atoms with van der Waals surface area (Å²) in [5.41, 5.74) is 3.12. The van der Waals surface area contributed by atoms with Gasteiger partial charge in [-0.05, 0) is 43.7 Å². The van der Waals surface area contributed by atoms with Crippen molar-refractivity contribution in [3.8, 4) is 0 Å². The van der Waals surface area contributed by atoms with Gasteiger partial charge in [-0.15, -0.1) is 0 Å². The van der Waals surface area contributed by atoms with Crippen molar-refractivity contribution in [3.05, 3.63) is 29.3 Å². The van der Waals surface area contributed by atoms with Crippen LogP contribution in [0.25, 0.3) is 0 Å². The molecule has 3 heteroatoms. The number of nitrogens with one attached hydrogen (secondary N) is 2. The molecule has 16 heavy (non-hydrogen) atoms. The first-order chi connectivity index (χ1) is 7.66. The Morgan fingerprint density at radius 2 is 1.94 bits per heavy atom. The Balaban J connectivity index is 1.93. The highest BCUT2D eigenvalue weighted by atomic mass is 16.2. The van der Waals surface area contributed by atoms with Crippen LogP contribution in [0.4, 0.5) is 10.5 Å². The Bertz CT molecular complexity index is 377. The molecule has 1 aromatic rings. The Kier molecular flexibility index (Phi) is 3.13. The lowest BCUT2D eigenvalue weighted by molar-refractivity contribution is 0.251. The number of amides is 2. The van der Waals surface area contributed by atoms with Crippen LogP contribution in [0.15, 0.2) is 18.2 Å². The first kappa shape index (κ1) is 11.0.